The van der Waals surface area contributed by atoms with E-state index in [1.165, 1.54) is 0 Å². The normalized spacial score (nSPS) is 17.1. The maximum Gasteiger partial charge on any atom is 0.322 e. The number of rotatable bonds is 6. The molecule has 9 nitrogen and oxygen atoms in total. The maximum atomic E-state index is 13.3. The number of carbonyl (C=O) groups excluding carboxylic acids is 3. The highest BCUT2D eigenvalue weighted by Crippen LogP contribution is 2.30. The van der Waals surface area contributed by atoms with Crippen molar-refractivity contribution in [2.45, 2.75) is 32.9 Å². The molecule has 9 heteroatoms. The number of benzene rings is 3. The minimum atomic E-state index is -1.17. The van der Waals surface area contributed by atoms with Crippen molar-refractivity contribution >= 4 is 34.3 Å². The molecule has 3 N–H and O–H groups in total. The van der Waals surface area contributed by atoms with E-state index in [4.69, 9.17) is 9.26 Å². The maximum absolute atomic E-state index is 13.3. The van der Waals surface area contributed by atoms with Gasteiger partial charge in [0.05, 0.1) is 16.8 Å². The number of nitrogens with one attached hydrogen (secondary N) is 3. The van der Waals surface area contributed by atoms with Gasteiger partial charge in [0.25, 0.3) is 11.8 Å². The van der Waals surface area contributed by atoms with E-state index in [9.17, 15) is 14.4 Å². The molecule has 1 saturated heterocycles. The van der Waals surface area contributed by atoms with E-state index in [1.807, 2.05) is 44.2 Å². The lowest BCUT2D eigenvalue weighted by Crippen LogP contribution is -2.40. The number of fused-ring (bicyclic) bond motifs is 1. The molecule has 1 atom stereocenters. The number of amides is 4. The summed E-state index contributed by atoms with van der Waals surface area (Å²) >= 11 is 0. The van der Waals surface area contributed by atoms with Crippen LogP contribution in [-0.4, -0.2) is 23.0 Å². The van der Waals surface area contributed by atoms with Crippen LogP contribution in [0.4, 0.5) is 10.5 Å². The third-order valence-corrected chi connectivity index (χ3v) is 6.41. The van der Waals surface area contributed by atoms with Crippen molar-refractivity contribution in [1.29, 1.82) is 0 Å². The Balaban J connectivity index is 1.41. The van der Waals surface area contributed by atoms with Crippen LogP contribution in [0, 0.1) is 13.8 Å². The Bertz CT molecular complexity index is 1490. The lowest BCUT2D eigenvalue weighted by molar-refractivity contribution is -0.123. The number of nitrogens with zero attached hydrogens (tertiary/aromatic N) is 1. The monoisotopic (exact) mass is 484 g/mol. The molecule has 0 bridgehead atoms. The van der Waals surface area contributed by atoms with Gasteiger partial charge in [-0.2, -0.15) is 0 Å². The van der Waals surface area contributed by atoms with Crippen molar-refractivity contribution in [3.05, 3.63) is 88.8 Å². The molecule has 0 spiro atoms. The predicted octanol–water partition coefficient (Wildman–Crippen LogP) is 4.33. The molecule has 1 fully saturated rings. The van der Waals surface area contributed by atoms with Crippen molar-refractivity contribution < 1.29 is 23.6 Å². The average molecular weight is 485 g/mol. The lowest BCUT2D eigenvalue weighted by atomic mass is 9.92. The number of hydrogen-bond donors (Lipinski definition) is 3. The van der Waals surface area contributed by atoms with Crippen LogP contribution in [0.25, 0.3) is 10.8 Å². The van der Waals surface area contributed by atoms with E-state index < -0.39 is 17.5 Å². The van der Waals surface area contributed by atoms with Gasteiger partial charge in [0.15, 0.2) is 0 Å². The molecule has 1 aliphatic rings. The van der Waals surface area contributed by atoms with Crippen LogP contribution in [0.3, 0.4) is 0 Å². The van der Waals surface area contributed by atoms with Crippen molar-refractivity contribution in [3.63, 3.8) is 0 Å². The van der Waals surface area contributed by atoms with Gasteiger partial charge in [-0.15, -0.1) is 0 Å². The molecule has 4 aromatic rings. The first-order valence-corrected chi connectivity index (χ1v) is 11.4. The van der Waals surface area contributed by atoms with Crippen LogP contribution in [0.1, 0.15) is 39.9 Å². The average Bonchev–Trinajstić information content (AvgIpc) is 3.33. The minimum Gasteiger partial charge on any atom is -0.488 e. The molecule has 0 aliphatic carbocycles. The summed E-state index contributed by atoms with van der Waals surface area (Å²) in [6, 6.07) is 17.6. The topological polar surface area (TPSA) is 123 Å². The number of aryl methyl sites for hydroxylation is 2. The zero-order chi connectivity index (χ0) is 25.4. The Morgan fingerprint density at radius 2 is 1.75 bits per heavy atom. The Labute approximate surface area is 206 Å². The van der Waals surface area contributed by atoms with Crippen LogP contribution < -0.4 is 20.7 Å². The summed E-state index contributed by atoms with van der Waals surface area (Å²) < 4.78 is 11.3. The molecule has 0 saturated carbocycles. The van der Waals surface area contributed by atoms with Gasteiger partial charge in [-0.25, -0.2) is 4.79 Å². The van der Waals surface area contributed by atoms with Crippen LogP contribution in [0.2, 0.25) is 0 Å². The largest absolute Gasteiger partial charge is 0.488 e. The summed E-state index contributed by atoms with van der Waals surface area (Å²) in [6.07, 6.45) is 0. The lowest BCUT2D eigenvalue weighted by Gasteiger charge is -2.21. The first-order valence-electron chi connectivity index (χ1n) is 11.4. The molecule has 182 valence electrons. The zero-order valence-electron chi connectivity index (χ0n) is 20.0. The second kappa shape index (κ2) is 8.84. The highest BCUT2D eigenvalue weighted by Gasteiger charge is 2.43. The Hall–Kier alpha value is -4.66. The summed E-state index contributed by atoms with van der Waals surface area (Å²) in [5.41, 5.74) is 1.90. The van der Waals surface area contributed by atoms with Crippen LogP contribution in [-0.2, 0) is 16.9 Å². The van der Waals surface area contributed by atoms with E-state index in [0.29, 0.717) is 28.3 Å². The van der Waals surface area contributed by atoms with E-state index in [-0.39, 0.29) is 12.5 Å². The van der Waals surface area contributed by atoms with Crippen molar-refractivity contribution in [2.24, 2.45) is 0 Å². The molecule has 2 heterocycles. The van der Waals surface area contributed by atoms with Crippen molar-refractivity contribution in [1.82, 2.24) is 15.8 Å². The van der Waals surface area contributed by atoms with Gasteiger partial charge in [0.2, 0.25) is 0 Å². The molecule has 0 radical (unpaired) electrons. The quantitative estimate of drug-likeness (QED) is 0.350. The summed E-state index contributed by atoms with van der Waals surface area (Å²) in [5.74, 6) is 0.321. The van der Waals surface area contributed by atoms with Gasteiger partial charge in [-0.1, -0.05) is 41.6 Å². The first kappa shape index (κ1) is 23.1. The van der Waals surface area contributed by atoms with E-state index >= 15 is 0 Å². The number of imide groups is 1. The molecule has 3 aromatic carbocycles. The van der Waals surface area contributed by atoms with Gasteiger partial charge < -0.3 is 19.9 Å². The van der Waals surface area contributed by atoms with Gasteiger partial charge >= 0.3 is 6.03 Å². The van der Waals surface area contributed by atoms with Crippen molar-refractivity contribution in [2.75, 3.05) is 5.32 Å². The van der Waals surface area contributed by atoms with Crippen LogP contribution in [0.5, 0.6) is 5.75 Å². The van der Waals surface area contributed by atoms with E-state index in [2.05, 4.69) is 21.1 Å². The smallest absolute Gasteiger partial charge is 0.322 e. The minimum absolute atomic E-state index is 0.209. The van der Waals surface area contributed by atoms with Crippen LogP contribution >= 0.6 is 0 Å². The summed E-state index contributed by atoms with van der Waals surface area (Å²) in [4.78, 5) is 37.1. The number of carbonyl (C=O) groups is 3. The Kier molecular flexibility index (Phi) is 5.68. The number of anilines is 1. The van der Waals surface area contributed by atoms with Gasteiger partial charge in [0.1, 0.15) is 23.7 Å². The van der Waals surface area contributed by atoms with E-state index in [1.54, 1.807) is 37.3 Å². The van der Waals surface area contributed by atoms with Gasteiger partial charge in [-0.3, -0.25) is 14.9 Å². The molecule has 36 heavy (non-hydrogen) atoms. The number of hydrogen-bond acceptors (Lipinski definition) is 6. The van der Waals surface area contributed by atoms with Crippen molar-refractivity contribution in [3.8, 4) is 5.75 Å². The molecular formula is C27H24N4O5. The standard InChI is InChI=1S/C27H24N4O5/c1-15-22(16(2)36-31-15)14-35-23-13-18-7-5-4-6-17(18)12-21(23)24(32)28-20-10-8-19(9-11-20)27(3)25(33)29-26(34)30-27/h4-13H,14H2,1-3H3,(H,28,32)(H2,29,30,33,34). The molecule has 4 amide bonds. The molecule has 1 unspecified atom stereocenters. The summed E-state index contributed by atoms with van der Waals surface area (Å²) in [5, 5.41) is 13.6. The van der Waals surface area contributed by atoms with E-state index in [0.717, 1.165) is 22.0 Å². The third kappa shape index (κ3) is 4.15. The fourth-order valence-corrected chi connectivity index (χ4v) is 4.21. The fourth-order valence-electron chi connectivity index (χ4n) is 4.21. The summed E-state index contributed by atoms with van der Waals surface area (Å²) in [6.45, 7) is 5.49. The highest BCUT2D eigenvalue weighted by molar-refractivity contribution is 6.09. The molecule has 5 rings (SSSR count). The number of urea groups is 1. The van der Waals surface area contributed by atoms with Crippen LogP contribution in [0.15, 0.2) is 65.2 Å². The predicted molar refractivity (Wildman–Crippen MR) is 133 cm³/mol. The Morgan fingerprint density at radius 1 is 1.06 bits per heavy atom. The highest BCUT2D eigenvalue weighted by atomic mass is 16.5. The molecule has 1 aliphatic heterocycles. The number of ether oxygens (including phenoxy) is 1. The van der Waals surface area contributed by atoms with Gasteiger partial charge in [0, 0.05) is 5.69 Å². The molecule has 1 aromatic heterocycles. The SMILES string of the molecule is Cc1noc(C)c1COc1cc2ccccc2cc1C(=O)Nc1ccc(C2(C)NC(=O)NC2=O)cc1. The van der Waals surface area contributed by atoms with Gasteiger partial charge in [-0.05, 0) is 61.4 Å². The fraction of sp³-hybridized carbons (Fsp3) is 0.185. The second-order valence-electron chi connectivity index (χ2n) is 8.85. The molecular weight excluding hydrogens is 460 g/mol. The Morgan fingerprint density at radius 3 is 2.36 bits per heavy atom. The second-order valence-corrected chi connectivity index (χ2v) is 8.85. The first-order chi connectivity index (χ1) is 17.2. The number of aromatic nitrogens is 1. The summed E-state index contributed by atoms with van der Waals surface area (Å²) in [7, 11) is 0. The third-order valence-electron chi connectivity index (χ3n) is 6.41. The zero-order valence-corrected chi connectivity index (χ0v) is 20.0.